The number of hydrogen-bond donors (Lipinski definition) is 1. The van der Waals surface area contributed by atoms with Gasteiger partial charge in [0.2, 0.25) is 5.95 Å². The Bertz CT molecular complexity index is 1100. The number of nitrogens with one attached hydrogen (secondary N) is 1. The van der Waals surface area contributed by atoms with Crippen LogP contribution in [0, 0.1) is 5.82 Å². The van der Waals surface area contributed by atoms with Gasteiger partial charge in [0.1, 0.15) is 17.9 Å². The standard InChI is InChI=1S/C20H14BrFN4O2/c21-15-5-1-13(2-6-15)11-26-12-23-20(25-26)24-19(27)18-10-9-17(28-18)14-3-7-16(22)8-4-14/h1-10,12H,11H2,(H,24,25,27). The van der Waals surface area contributed by atoms with Crippen LogP contribution >= 0.6 is 15.9 Å². The van der Waals surface area contributed by atoms with E-state index < -0.39 is 5.91 Å². The van der Waals surface area contributed by atoms with Gasteiger partial charge in [-0.25, -0.2) is 14.1 Å². The van der Waals surface area contributed by atoms with Crippen LogP contribution in [0.4, 0.5) is 10.3 Å². The maximum absolute atomic E-state index is 13.0. The Morgan fingerprint density at radius 1 is 1.07 bits per heavy atom. The van der Waals surface area contributed by atoms with E-state index >= 15 is 0 Å². The summed E-state index contributed by atoms with van der Waals surface area (Å²) < 4.78 is 21.2. The molecule has 140 valence electrons. The van der Waals surface area contributed by atoms with Gasteiger partial charge in [-0.1, -0.05) is 28.1 Å². The van der Waals surface area contributed by atoms with E-state index in [2.05, 4.69) is 31.3 Å². The lowest BCUT2D eigenvalue weighted by molar-refractivity contribution is 0.0996. The van der Waals surface area contributed by atoms with E-state index in [-0.39, 0.29) is 17.5 Å². The summed E-state index contributed by atoms with van der Waals surface area (Å²) in [7, 11) is 0. The Morgan fingerprint density at radius 2 is 1.82 bits per heavy atom. The Kier molecular flexibility index (Phi) is 5.03. The number of hydrogen-bond acceptors (Lipinski definition) is 4. The number of carbonyl (C=O) groups is 1. The van der Waals surface area contributed by atoms with Crippen LogP contribution in [0.1, 0.15) is 16.1 Å². The van der Waals surface area contributed by atoms with E-state index in [0.29, 0.717) is 17.9 Å². The molecule has 1 N–H and O–H groups in total. The molecule has 2 heterocycles. The Morgan fingerprint density at radius 3 is 2.57 bits per heavy atom. The molecule has 0 atom stereocenters. The van der Waals surface area contributed by atoms with Crippen LogP contribution in [0.2, 0.25) is 0 Å². The van der Waals surface area contributed by atoms with Crippen LogP contribution in [0.15, 0.2) is 75.9 Å². The second kappa shape index (κ2) is 7.77. The number of carbonyl (C=O) groups excluding carboxylic acids is 1. The molecular weight excluding hydrogens is 427 g/mol. The van der Waals surface area contributed by atoms with Gasteiger partial charge in [0, 0.05) is 10.0 Å². The fraction of sp³-hybridized carbons (Fsp3) is 0.0500. The molecule has 6 nitrogen and oxygen atoms in total. The molecule has 4 aromatic rings. The fourth-order valence-corrected chi connectivity index (χ4v) is 2.86. The molecule has 0 fully saturated rings. The van der Waals surface area contributed by atoms with Crippen LogP contribution in [-0.4, -0.2) is 20.7 Å². The van der Waals surface area contributed by atoms with Crippen molar-refractivity contribution in [1.29, 1.82) is 0 Å². The highest BCUT2D eigenvalue weighted by Gasteiger charge is 2.14. The monoisotopic (exact) mass is 440 g/mol. The zero-order valence-corrected chi connectivity index (χ0v) is 16.1. The van der Waals surface area contributed by atoms with Crippen molar-refractivity contribution in [2.24, 2.45) is 0 Å². The molecular formula is C20H14BrFN4O2. The van der Waals surface area contributed by atoms with Crippen molar-refractivity contribution in [2.75, 3.05) is 5.32 Å². The molecule has 0 radical (unpaired) electrons. The number of aromatic nitrogens is 3. The molecule has 0 aliphatic heterocycles. The van der Waals surface area contributed by atoms with E-state index in [9.17, 15) is 9.18 Å². The van der Waals surface area contributed by atoms with Crippen molar-refractivity contribution >= 4 is 27.8 Å². The number of amides is 1. The van der Waals surface area contributed by atoms with Crippen molar-refractivity contribution < 1.29 is 13.6 Å². The summed E-state index contributed by atoms with van der Waals surface area (Å²) in [6.07, 6.45) is 1.55. The molecule has 8 heteroatoms. The number of furan rings is 1. The predicted molar refractivity (Wildman–Crippen MR) is 105 cm³/mol. The summed E-state index contributed by atoms with van der Waals surface area (Å²) in [6, 6.07) is 16.9. The molecule has 0 aliphatic rings. The maximum atomic E-state index is 13.0. The molecule has 0 saturated heterocycles. The molecule has 1 amide bonds. The molecule has 0 saturated carbocycles. The minimum absolute atomic E-state index is 0.114. The van der Waals surface area contributed by atoms with Crippen LogP contribution in [0.25, 0.3) is 11.3 Å². The molecule has 2 aromatic heterocycles. The first-order valence-electron chi connectivity index (χ1n) is 8.38. The Balaban J connectivity index is 1.42. The van der Waals surface area contributed by atoms with E-state index in [0.717, 1.165) is 10.0 Å². The number of rotatable bonds is 5. The van der Waals surface area contributed by atoms with Crippen LogP contribution in [0.3, 0.4) is 0 Å². The summed E-state index contributed by atoms with van der Waals surface area (Å²) in [5.41, 5.74) is 1.73. The topological polar surface area (TPSA) is 73.0 Å². The van der Waals surface area contributed by atoms with Crippen LogP contribution < -0.4 is 5.32 Å². The third kappa shape index (κ3) is 4.17. The minimum Gasteiger partial charge on any atom is -0.451 e. The zero-order valence-electron chi connectivity index (χ0n) is 14.5. The quantitative estimate of drug-likeness (QED) is 0.486. The third-order valence-corrected chi connectivity index (χ3v) is 4.51. The van der Waals surface area contributed by atoms with Crippen LogP contribution in [-0.2, 0) is 6.54 Å². The Hall–Kier alpha value is -3.26. The molecule has 4 rings (SSSR count). The molecule has 28 heavy (non-hydrogen) atoms. The summed E-state index contributed by atoms with van der Waals surface area (Å²) >= 11 is 3.40. The highest BCUT2D eigenvalue weighted by atomic mass is 79.9. The number of nitrogens with zero attached hydrogens (tertiary/aromatic N) is 3. The average molecular weight is 441 g/mol. The fourth-order valence-electron chi connectivity index (χ4n) is 2.60. The first kappa shape index (κ1) is 18.1. The summed E-state index contributed by atoms with van der Waals surface area (Å²) in [6.45, 7) is 0.533. The SMILES string of the molecule is O=C(Nc1ncn(Cc2ccc(Br)cc2)n1)c1ccc(-c2ccc(F)cc2)o1. The van der Waals surface area contributed by atoms with E-state index in [4.69, 9.17) is 4.42 Å². The third-order valence-electron chi connectivity index (χ3n) is 3.98. The number of benzene rings is 2. The summed E-state index contributed by atoms with van der Waals surface area (Å²) in [4.78, 5) is 16.5. The van der Waals surface area contributed by atoms with Gasteiger partial charge in [0.25, 0.3) is 5.91 Å². The van der Waals surface area contributed by atoms with Gasteiger partial charge in [-0.2, -0.15) is 0 Å². The molecule has 0 spiro atoms. The van der Waals surface area contributed by atoms with Gasteiger partial charge in [-0.3, -0.25) is 10.1 Å². The molecule has 0 aliphatic carbocycles. The second-order valence-corrected chi connectivity index (χ2v) is 6.93. The van der Waals surface area contributed by atoms with Gasteiger partial charge in [0.05, 0.1) is 6.54 Å². The number of anilines is 1. The summed E-state index contributed by atoms with van der Waals surface area (Å²) in [5, 5.41) is 6.85. The van der Waals surface area contributed by atoms with Crippen molar-refractivity contribution in [3.63, 3.8) is 0 Å². The van der Waals surface area contributed by atoms with Crippen molar-refractivity contribution in [1.82, 2.24) is 14.8 Å². The lowest BCUT2D eigenvalue weighted by atomic mass is 10.2. The Labute approximate surface area is 168 Å². The normalized spacial score (nSPS) is 10.8. The van der Waals surface area contributed by atoms with Crippen molar-refractivity contribution in [2.45, 2.75) is 6.54 Å². The van der Waals surface area contributed by atoms with E-state index in [1.165, 1.54) is 12.1 Å². The average Bonchev–Trinajstić information content (AvgIpc) is 3.34. The minimum atomic E-state index is -0.463. The van der Waals surface area contributed by atoms with Gasteiger partial charge in [-0.05, 0) is 54.1 Å². The van der Waals surface area contributed by atoms with E-state index in [1.807, 2.05) is 24.3 Å². The van der Waals surface area contributed by atoms with Gasteiger partial charge >= 0.3 is 0 Å². The zero-order chi connectivity index (χ0) is 19.5. The lowest BCUT2D eigenvalue weighted by Crippen LogP contribution is -2.12. The first-order chi connectivity index (χ1) is 13.6. The highest BCUT2D eigenvalue weighted by molar-refractivity contribution is 9.10. The van der Waals surface area contributed by atoms with Gasteiger partial charge in [0.15, 0.2) is 5.76 Å². The summed E-state index contributed by atoms with van der Waals surface area (Å²) in [5.74, 6) is -0.0304. The molecule has 0 unspecified atom stereocenters. The van der Waals surface area contributed by atoms with Crippen LogP contribution in [0.5, 0.6) is 0 Å². The van der Waals surface area contributed by atoms with E-state index in [1.54, 1.807) is 35.3 Å². The lowest BCUT2D eigenvalue weighted by Gasteiger charge is -2.01. The second-order valence-electron chi connectivity index (χ2n) is 6.02. The van der Waals surface area contributed by atoms with Gasteiger partial charge in [-0.15, -0.1) is 5.10 Å². The maximum Gasteiger partial charge on any atom is 0.293 e. The predicted octanol–water partition coefficient (Wildman–Crippen LogP) is 4.74. The largest absolute Gasteiger partial charge is 0.451 e. The molecule has 0 bridgehead atoms. The van der Waals surface area contributed by atoms with Crippen molar-refractivity contribution in [3.05, 3.63) is 88.6 Å². The molecule has 2 aromatic carbocycles. The smallest absolute Gasteiger partial charge is 0.293 e. The highest BCUT2D eigenvalue weighted by Crippen LogP contribution is 2.22. The van der Waals surface area contributed by atoms with Crippen molar-refractivity contribution in [3.8, 4) is 11.3 Å². The van der Waals surface area contributed by atoms with Gasteiger partial charge < -0.3 is 4.42 Å². The number of halogens is 2. The first-order valence-corrected chi connectivity index (χ1v) is 9.17.